The molecule has 0 radical (unpaired) electrons. The summed E-state index contributed by atoms with van der Waals surface area (Å²) in [5.74, 6) is 0. The van der Waals surface area contributed by atoms with Crippen molar-refractivity contribution >= 4 is 0 Å². The minimum absolute atomic E-state index is 0.379. The van der Waals surface area contributed by atoms with E-state index in [1.807, 2.05) is 0 Å². The molecule has 1 unspecified atom stereocenters. The smallest absolute Gasteiger partial charge is 0.0616 e. The summed E-state index contributed by atoms with van der Waals surface area (Å²) in [4.78, 5) is 0. The van der Waals surface area contributed by atoms with E-state index in [0.29, 0.717) is 11.5 Å². The largest absolute Gasteiger partial charge is 0.383 e. The molecule has 0 saturated heterocycles. The van der Waals surface area contributed by atoms with E-state index in [0.717, 1.165) is 13.2 Å². The van der Waals surface area contributed by atoms with E-state index in [1.54, 1.807) is 7.11 Å². The summed E-state index contributed by atoms with van der Waals surface area (Å²) >= 11 is 0. The van der Waals surface area contributed by atoms with Crippen molar-refractivity contribution in [3.8, 4) is 0 Å². The maximum absolute atomic E-state index is 5.18. The molecule has 0 heterocycles. The maximum Gasteiger partial charge on any atom is 0.0616 e. The lowest BCUT2D eigenvalue weighted by molar-refractivity contribution is 0.144. The standard InChI is InChI=1S/C11H25NO/c1-6-7-12-10(9-13-5)8-11(2,3)4/h10,12H,6-9H2,1-5H3. The fourth-order valence-corrected chi connectivity index (χ4v) is 1.48. The number of nitrogens with one attached hydrogen (secondary N) is 1. The molecule has 2 heteroatoms. The van der Waals surface area contributed by atoms with E-state index in [9.17, 15) is 0 Å². The van der Waals surface area contributed by atoms with Gasteiger partial charge in [0.1, 0.15) is 0 Å². The van der Waals surface area contributed by atoms with E-state index in [-0.39, 0.29) is 0 Å². The minimum Gasteiger partial charge on any atom is -0.383 e. The van der Waals surface area contributed by atoms with Crippen molar-refractivity contribution in [2.75, 3.05) is 20.3 Å². The summed E-state index contributed by atoms with van der Waals surface area (Å²) in [6, 6.07) is 0.505. The number of ether oxygens (including phenoxy) is 1. The zero-order valence-corrected chi connectivity index (χ0v) is 9.81. The Labute approximate surface area is 83.1 Å². The number of hydrogen-bond acceptors (Lipinski definition) is 2. The Balaban J connectivity index is 3.79. The Morgan fingerprint density at radius 3 is 2.31 bits per heavy atom. The Morgan fingerprint density at radius 2 is 1.92 bits per heavy atom. The highest BCUT2D eigenvalue weighted by molar-refractivity contribution is 4.74. The lowest BCUT2D eigenvalue weighted by Gasteiger charge is -2.26. The van der Waals surface area contributed by atoms with Crippen LogP contribution in [0.15, 0.2) is 0 Å². The lowest BCUT2D eigenvalue weighted by atomic mass is 9.88. The van der Waals surface area contributed by atoms with E-state index in [2.05, 4.69) is 33.0 Å². The van der Waals surface area contributed by atoms with Gasteiger partial charge in [0.2, 0.25) is 0 Å². The van der Waals surface area contributed by atoms with Gasteiger partial charge >= 0.3 is 0 Å². The van der Waals surface area contributed by atoms with E-state index >= 15 is 0 Å². The fraction of sp³-hybridized carbons (Fsp3) is 1.00. The van der Waals surface area contributed by atoms with Gasteiger partial charge in [-0.25, -0.2) is 0 Å². The molecule has 80 valence electrons. The van der Waals surface area contributed by atoms with Gasteiger partial charge in [0, 0.05) is 13.2 Å². The topological polar surface area (TPSA) is 21.3 Å². The quantitative estimate of drug-likeness (QED) is 0.689. The summed E-state index contributed by atoms with van der Waals surface area (Å²) in [7, 11) is 1.77. The second-order valence-corrected chi connectivity index (χ2v) is 4.87. The van der Waals surface area contributed by atoms with Gasteiger partial charge in [-0.2, -0.15) is 0 Å². The first kappa shape index (κ1) is 12.9. The van der Waals surface area contributed by atoms with Crippen LogP contribution >= 0.6 is 0 Å². The van der Waals surface area contributed by atoms with Gasteiger partial charge < -0.3 is 10.1 Å². The molecule has 0 aromatic heterocycles. The molecule has 0 fully saturated rings. The van der Waals surface area contributed by atoms with Gasteiger partial charge in [-0.05, 0) is 24.8 Å². The Kier molecular flexibility index (Phi) is 6.35. The molecule has 0 amide bonds. The first-order chi connectivity index (χ1) is 5.99. The second kappa shape index (κ2) is 6.39. The number of rotatable bonds is 6. The summed E-state index contributed by atoms with van der Waals surface area (Å²) in [5.41, 5.74) is 0.379. The van der Waals surface area contributed by atoms with Crippen LogP contribution in [0.25, 0.3) is 0 Å². The van der Waals surface area contributed by atoms with Gasteiger partial charge in [0.05, 0.1) is 6.61 Å². The highest BCUT2D eigenvalue weighted by Gasteiger charge is 2.17. The lowest BCUT2D eigenvalue weighted by Crippen LogP contribution is -2.36. The SMILES string of the molecule is CCCNC(COC)CC(C)(C)C. The zero-order valence-electron chi connectivity index (χ0n) is 9.81. The third-order valence-corrected chi connectivity index (χ3v) is 1.91. The molecular formula is C11H25NO. The molecule has 2 nitrogen and oxygen atoms in total. The van der Waals surface area contributed by atoms with E-state index in [1.165, 1.54) is 12.8 Å². The first-order valence-electron chi connectivity index (χ1n) is 5.22. The van der Waals surface area contributed by atoms with Crippen molar-refractivity contribution < 1.29 is 4.74 Å². The van der Waals surface area contributed by atoms with Crippen molar-refractivity contribution in [3.63, 3.8) is 0 Å². The molecular weight excluding hydrogens is 162 g/mol. The molecule has 0 aromatic carbocycles. The van der Waals surface area contributed by atoms with Gasteiger partial charge in [-0.1, -0.05) is 27.7 Å². The van der Waals surface area contributed by atoms with Crippen LogP contribution in [0.2, 0.25) is 0 Å². The van der Waals surface area contributed by atoms with Crippen LogP contribution in [-0.4, -0.2) is 26.3 Å². The molecule has 0 rings (SSSR count). The summed E-state index contributed by atoms with van der Waals surface area (Å²) in [6.45, 7) is 10.9. The van der Waals surface area contributed by atoms with Crippen LogP contribution in [0.3, 0.4) is 0 Å². The van der Waals surface area contributed by atoms with Crippen LogP contribution in [0.4, 0.5) is 0 Å². The highest BCUT2D eigenvalue weighted by Crippen LogP contribution is 2.20. The molecule has 0 aliphatic rings. The molecule has 1 atom stereocenters. The van der Waals surface area contributed by atoms with Crippen LogP contribution < -0.4 is 5.32 Å². The molecule has 1 N–H and O–H groups in total. The third kappa shape index (κ3) is 8.26. The highest BCUT2D eigenvalue weighted by atomic mass is 16.5. The molecule has 0 saturated carbocycles. The summed E-state index contributed by atoms with van der Waals surface area (Å²) in [6.07, 6.45) is 2.35. The number of hydrogen-bond donors (Lipinski definition) is 1. The fourth-order valence-electron chi connectivity index (χ4n) is 1.48. The first-order valence-corrected chi connectivity index (χ1v) is 5.22. The minimum atomic E-state index is 0.379. The van der Waals surface area contributed by atoms with E-state index in [4.69, 9.17) is 4.74 Å². The molecule has 0 spiro atoms. The van der Waals surface area contributed by atoms with Crippen molar-refractivity contribution in [2.45, 2.75) is 46.6 Å². The Hall–Kier alpha value is -0.0800. The Morgan fingerprint density at radius 1 is 1.31 bits per heavy atom. The van der Waals surface area contributed by atoms with Crippen LogP contribution in [0.1, 0.15) is 40.5 Å². The zero-order chi connectivity index (χ0) is 10.3. The van der Waals surface area contributed by atoms with Crippen LogP contribution in [0.5, 0.6) is 0 Å². The monoisotopic (exact) mass is 187 g/mol. The summed E-state index contributed by atoms with van der Waals surface area (Å²) < 4.78 is 5.18. The third-order valence-electron chi connectivity index (χ3n) is 1.91. The van der Waals surface area contributed by atoms with Crippen molar-refractivity contribution in [1.82, 2.24) is 5.32 Å². The predicted octanol–water partition coefficient (Wildman–Crippen LogP) is 2.44. The van der Waals surface area contributed by atoms with E-state index < -0.39 is 0 Å². The summed E-state index contributed by atoms with van der Waals surface area (Å²) in [5, 5.41) is 3.50. The number of methoxy groups -OCH3 is 1. The second-order valence-electron chi connectivity index (χ2n) is 4.87. The Bertz CT molecular complexity index is 118. The molecule has 0 aliphatic carbocycles. The maximum atomic E-state index is 5.18. The average molecular weight is 187 g/mol. The van der Waals surface area contributed by atoms with Gasteiger partial charge in [-0.3, -0.25) is 0 Å². The van der Waals surface area contributed by atoms with Crippen LogP contribution in [-0.2, 0) is 4.74 Å². The normalized spacial score (nSPS) is 14.5. The van der Waals surface area contributed by atoms with Gasteiger partial charge in [-0.15, -0.1) is 0 Å². The van der Waals surface area contributed by atoms with Gasteiger partial charge in [0.25, 0.3) is 0 Å². The average Bonchev–Trinajstić information content (AvgIpc) is 1.98. The van der Waals surface area contributed by atoms with Crippen molar-refractivity contribution in [3.05, 3.63) is 0 Å². The van der Waals surface area contributed by atoms with Crippen molar-refractivity contribution in [1.29, 1.82) is 0 Å². The molecule has 13 heavy (non-hydrogen) atoms. The molecule has 0 aliphatic heterocycles. The van der Waals surface area contributed by atoms with Crippen molar-refractivity contribution in [2.24, 2.45) is 5.41 Å². The van der Waals surface area contributed by atoms with Crippen LogP contribution in [0, 0.1) is 5.41 Å². The van der Waals surface area contributed by atoms with Gasteiger partial charge in [0.15, 0.2) is 0 Å². The molecule has 0 aromatic rings. The predicted molar refractivity (Wildman–Crippen MR) is 58.0 cm³/mol. The molecule has 0 bridgehead atoms.